The van der Waals surface area contributed by atoms with Gasteiger partial charge in [0.2, 0.25) is 0 Å². The molecule has 0 bridgehead atoms. The second-order valence-corrected chi connectivity index (χ2v) is 5.44. The zero-order valence-electron chi connectivity index (χ0n) is 11.1. The van der Waals surface area contributed by atoms with Gasteiger partial charge in [-0.3, -0.25) is 4.79 Å². The van der Waals surface area contributed by atoms with E-state index in [1.807, 2.05) is 51.1 Å². The summed E-state index contributed by atoms with van der Waals surface area (Å²) in [5, 5.41) is 2.88. The molecule has 18 heavy (non-hydrogen) atoms. The van der Waals surface area contributed by atoms with Crippen molar-refractivity contribution in [3.05, 3.63) is 40.8 Å². The Morgan fingerprint density at radius 2 is 1.94 bits per heavy atom. The number of thioether (sulfide) groups is 1. The molecule has 0 saturated heterocycles. The van der Waals surface area contributed by atoms with E-state index in [9.17, 15) is 4.79 Å². The molecule has 3 N–H and O–H groups in total. The Kier molecular flexibility index (Phi) is 5.78. The third kappa shape index (κ3) is 4.11. The minimum atomic E-state index is -0.0989. The van der Waals surface area contributed by atoms with Crippen molar-refractivity contribution in [2.75, 3.05) is 5.75 Å². The van der Waals surface area contributed by atoms with E-state index in [4.69, 9.17) is 5.73 Å². The van der Waals surface area contributed by atoms with Gasteiger partial charge in [0.15, 0.2) is 0 Å². The van der Waals surface area contributed by atoms with Crippen LogP contribution in [0.2, 0.25) is 0 Å². The Morgan fingerprint density at radius 1 is 1.33 bits per heavy atom. The third-order valence-electron chi connectivity index (χ3n) is 2.24. The maximum Gasteiger partial charge on any atom is 0.260 e. The molecule has 0 spiro atoms. The molecule has 0 aliphatic rings. The predicted octanol–water partition coefficient (Wildman–Crippen LogP) is 2.59. The van der Waals surface area contributed by atoms with Gasteiger partial charge in [-0.05, 0) is 25.2 Å². The lowest BCUT2D eigenvalue weighted by Gasteiger charge is -2.13. The first kappa shape index (κ1) is 14.6. The number of carbonyl (C=O) groups excluding carboxylic acids is 1. The predicted molar refractivity (Wildman–Crippen MR) is 79.0 cm³/mol. The van der Waals surface area contributed by atoms with Crippen molar-refractivity contribution >= 4 is 23.4 Å². The first-order valence-electron chi connectivity index (χ1n) is 6.05. The number of nitrogens with two attached hydrogens (primary N) is 1. The van der Waals surface area contributed by atoms with Crippen LogP contribution in [-0.4, -0.2) is 17.7 Å². The van der Waals surface area contributed by atoms with Gasteiger partial charge in [-0.1, -0.05) is 37.3 Å². The van der Waals surface area contributed by atoms with Crippen LogP contribution in [0.1, 0.15) is 26.3 Å². The molecule has 1 rings (SSSR count). The number of amides is 1. The van der Waals surface area contributed by atoms with Gasteiger partial charge < -0.3 is 11.1 Å². The van der Waals surface area contributed by atoms with Crippen LogP contribution in [-0.2, 0) is 4.79 Å². The van der Waals surface area contributed by atoms with E-state index in [0.717, 1.165) is 11.3 Å². The fourth-order valence-corrected chi connectivity index (χ4v) is 2.24. The molecule has 0 fully saturated rings. The lowest BCUT2D eigenvalue weighted by molar-refractivity contribution is -0.117. The molecule has 3 nitrogen and oxygen atoms in total. The highest BCUT2D eigenvalue weighted by molar-refractivity contribution is 8.04. The van der Waals surface area contributed by atoms with Crippen LogP contribution < -0.4 is 11.1 Å². The van der Waals surface area contributed by atoms with E-state index in [0.29, 0.717) is 10.6 Å². The van der Waals surface area contributed by atoms with Gasteiger partial charge in [0, 0.05) is 6.04 Å². The zero-order valence-corrected chi connectivity index (χ0v) is 11.9. The summed E-state index contributed by atoms with van der Waals surface area (Å²) in [6, 6.07) is 9.68. The Morgan fingerprint density at radius 3 is 2.44 bits per heavy atom. The average Bonchev–Trinajstić information content (AvgIpc) is 2.35. The van der Waals surface area contributed by atoms with Gasteiger partial charge in [0.25, 0.3) is 5.91 Å². The van der Waals surface area contributed by atoms with Crippen molar-refractivity contribution in [3.63, 3.8) is 0 Å². The maximum absolute atomic E-state index is 12.1. The van der Waals surface area contributed by atoms with E-state index in [-0.39, 0.29) is 11.9 Å². The van der Waals surface area contributed by atoms with Gasteiger partial charge >= 0.3 is 0 Å². The largest absolute Gasteiger partial charge is 0.397 e. The average molecular weight is 264 g/mol. The number of carbonyl (C=O) groups is 1. The topological polar surface area (TPSA) is 55.1 Å². The molecule has 1 aromatic rings. The second-order valence-electron chi connectivity index (χ2n) is 4.17. The number of nitrogens with one attached hydrogen (secondary N) is 1. The Bertz CT molecular complexity index is 427. The van der Waals surface area contributed by atoms with E-state index < -0.39 is 0 Å². The van der Waals surface area contributed by atoms with E-state index in [2.05, 4.69) is 5.32 Å². The molecule has 0 aliphatic carbocycles. The number of hydrogen-bond donors (Lipinski definition) is 2. The van der Waals surface area contributed by atoms with Crippen molar-refractivity contribution in [1.29, 1.82) is 0 Å². The molecular formula is C14H20N2OS. The number of rotatable bonds is 5. The van der Waals surface area contributed by atoms with E-state index in [1.165, 1.54) is 11.8 Å². The highest BCUT2D eigenvalue weighted by Gasteiger charge is 2.15. The summed E-state index contributed by atoms with van der Waals surface area (Å²) in [6.07, 6.45) is 0. The number of hydrogen-bond acceptors (Lipinski definition) is 3. The van der Waals surface area contributed by atoms with Crippen LogP contribution in [0.4, 0.5) is 0 Å². The second kappa shape index (κ2) is 7.11. The summed E-state index contributed by atoms with van der Waals surface area (Å²) < 4.78 is 0. The first-order valence-corrected chi connectivity index (χ1v) is 7.03. The summed E-state index contributed by atoms with van der Waals surface area (Å²) >= 11 is 1.47. The summed E-state index contributed by atoms with van der Waals surface area (Å²) in [7, 11) is 0. The standard InChI is InChI=1S/C14H20N2OS/c1-4-18-13(14(17)16-10(2)3)12(15)11-8-6-5-7-9-11/h5-10H,4,15H2,1-3H3,(H,16,17)/b13-12-. The van der Waals surface area contributed by atoms with Crippen LogP contribution in [0.25, 0.3) is 5.70 Å². The van der Waals surface area contributed by atoms with Crippen LogP contribution >= 0.6 is 11.8 Å². The van der Waals surface area contributed by atoms with Gasteiger partial charge in [0.05, 0.1) is 10.6 Å². The summed E-state index contributed by atoms with van der Waals surface area (Å²) in [4.78, 5) is 12.7. The van der Waals surface area contributed by atoms with Crippen LogP contribution in [0.15, 0.2) is 35.2 Å². The smallest absolute Gasteiger partial charge is 0.260 e. The molecule has 0 aliphatic heterocycles. The fraction of sp³-hybridized carbons (Fsp3) is 0.357. The number of benzene rings is 1. The fourth-order valence-electron chi connectivity index (χ4n) is 1.49. The van der Waals surface area contributed by atoms with E-state index in [1.54, 1.807) is 0 Å². The molecule has 0 heterocycles. The molecule has 0 saturated carbocycles. The van der Waals surface area contributed by atoms with Crippen LogP contribution in [0.5, 0.6) is 0 Å². The van der Waals surface area contributed by atoms with Crippen molar-refractivity contribution in [1.82, 2.24) is 5.32 Å². The van der Waals surface area contributed by atoms with Gasteiger partial charge in [-0.25, -0.2) is 0 Å². The van der Waals surface area contributed by atoms with Crippen molar-refractivity contribution in [3.8, 4) is 0 Å². The Hall–Kier alpha value is -1.42. The normalized spacial score (nSPS) is 12.2. The lowest BCUT2D eigenvalue weighted by atomic mass is 10.1. The quantitative estimate of drug-likeness (QED) is 0.804. The summed E-state index contributed by atoms with van der Waals surface area (Å²) in [5.41, 5.74) is 7.52. The minimum Gasteiger partial charge on any atom is -0.397 e. The molecule has 0 radical (unpaired) electrons. The van der Waals surface area contributed by atoms with Crippen molar-refractivity contribution < 1.29 is 4.79 Å². The molecule has 0 unspecified atom stereocenters. The van der Waals surface area contributed by atoms with E-state index >= 15 is 0 Å². The monoisotopic (exact) mass is 264 g/mol. The van der Waals surface area contributed by atoms with Crippen molar-refractivity contribution in [2.24, 2.45) is 5.73 Å². The van der Waals surface area contributed by atoms with Gasteiger partial charge in [0.1, 0.15) is 0 Å². The molecule has 1 aromatic carbocycles. The SMILES string of the molecule is CCS/C(C(=O)NC(C)C)=C(\N)c1ccccc1. The first-order chi connectivity index (χ1) is 8.56. The molecule has 98 valence electrons. The maximum atomic E-state index is 12.1. The van der Waals surface area contributed by atoms with Crippen LogP contribution in [0.3, 0.4) is 0 Å². The highest BCUT2D eigenvalue weighted by Crippen LogP contribution is 2.23. The van der Waals surface area contributed by atoms with Gasteiger partial charge in [-0.2, -0.15) is 0 Å². The lowest BCUT2D eigenvalue weighted by Crippen LogP contribution is -2.31. The van der Waals surface area contributed by atoms with Gasteiger partial charge in [-0.15, -0.1) is 11.8 Å². The molecule has 4 heteroatoms. The Labute approximate surface area is 113 Å². The highest BCUT2D eigenvalue weighted by atomic mass is 32.2. The minimum absolute atomic E-state index is 0.0989. The Balaban J connectivity index is 3.05. The summed E-state index contributed by atoms with van der Waals surface area (Å²) in [5.74, 6) is 0.715. The third-order valence-corrected chi connectivity index (χ3v) is 3.23. The molecule has 0 aromatic heterocycles. The van der Waals surface area contributed by atoms with Crippen molar-refractivity contribution in [2.45, 2.75) is 26.8 Å². The molecule has 0 atom stereocenters. The molecular weight excluding hydrogens is 244 g/mol. The van der Waals surface area contributed by atoms with Crippen LogP contribution in [0, 0.1) is 0 Å². The molecule has 1 amide bonds. The zero-order chi connectivity index (χ0) is 13.5. The summed E-state index contributed by atoms with van der Waals surface area (Å²) in [6.45, 7) is 5.88.